The molecule has 2 saturated heterocycles. The van der Waals surface area contributed by atoms with Gasteiger partial charge in [0.1, 0.15) is 5.69 Å². The average Bonchev–Trinajstić information content (AvgIpc) is 2.37. The second-order valence-corrected chi connectivity index (χ2v) is 6.02. The lowest BCUT2D eigenvalue weighted by atomic mass is 9.84. The van der Waals surface area contributed by atoms with Crippen molar-refractivity contribution in [3.63, 3.8) is 0 Å². The van der Waals surface area contributed by atoms with Crippen molar-refractivity contribution in [1.29, 1.82) is 0 Å². The molecule has 0 saturated carbocycles. The molecule has 2 heterocycles. The van der Waals surface area contributed by atoms with Gasteiger partial charge in [-0.25, -0.2) is 8.78 Å². The third-order valence-electron chi connectivity index (χ3n) is 4.70. The Bertz CT molecular complexity index is 483. The van der Waals surface area contributed by atoms with Crippen LogP contribution in [0.25, 0.3) is 0 Å². The molecule has 2 unspecified atom stereocenters. The summed E-state index contributed by atoms with van der Waals surface area (Å²) in [6, 6.07) is 2.97. The lowest BCUT2D eigenvalue weighted by molar-refractivity contribution is 0.102. The lowest BCUT2D eigenvalue weighted by Gasteiger charge is -2.46. The number of halogens is 2. The molecule has 1 aromatic carbocycles. The Hall–Kier alpha value is -1.36. The van der Waals surface area contributed by atoms with Crippen molar-refractivity contribution >= 4 is 11.4 Å². The number of hydrogen-bond donors (Lipinski definition) is 1. The first kappa shape index (κ1) is 13.6. The first-order valence-electron chi connectivity index (χ1n) is 7.26. The average molecular weight is 281 g/mol. The summed E-state index contributed by atoms with van der Waals surface area (Å²) in [6.45, 7) is 2.56. The Kier molecular flexibility index (Phi) is 3.54. The van der Waals surface area contributed by atoms with E-state index in [-0.39, 0.29) is 11.4 Å². The molecule has 0 aliphatic carbocycles. The van der Waals surface area contributed by atoms with Gasteiger partial charge in [-0.05, 0) is 50.9 Å². The molecule has 2 N–H and O–H groups in total. The van der Waals surface area contributed by atoms with Crippen LogP contribution < -0.4 is 10.6 Å². The predicted octanol–water partition coefficient (Wildman–Crippen LogP) is 2.47. The van der Waals surface area contributed by atoms with E-state index in [1.807, 2.05) is 4.90 Å². The van der Waals surface area contributed by atoms with Gasteiger partial charge in [0.2, 0.25) is 0 Å². The number of nitrogens with zero attached hydrogens (tertiary/aromatic N) is 2. The van der Waals surface area contributed by atoms with Crippen LogP contribution in [0.15, 0.2) is 12.1 Å². The molecule has 3 rings (SSSR count). The Balaban J connectivity index is 1.83. The molecule has 2 aliphatic rings. The molecule has 2 atom stereocenters. The van der Waals surface area contributed by atoms with E-state index >= 15 is 0 Å². The van der Waals surface area contributed by atoms with E-state index in [1.165, 1.54) is 12.1 Å². The Morgan fingerprint density at radius 3 is 2.55 bits per heavy atom. The summed E-state index contributed by atoms with van der Waals surface area (Å²) in [5.41, 5.74) is 5.70. The van der Waals surface area contributed by atoms with Crippen LogP contribution in [-0.4, -0.2) is 37.6 Å². The van der Waals surface area contributed by atoms with E-state index in [9.17, 15) is 8.78 Å². The second kappa shape index (κ2) is 5.20. The zero-order chi connectivity index (χ0) is 14.3. The van der Waals surface area contributed by atoms with Crippen molar-refractivity contribution in [2.24, 2.45) is 5.92 Å². The monoisotopic (exact) mass is 281 g/mol. The molecule has 0 bridgehead atoms. The fourth-order valence-electron chi connectivity index (χ4n) is 3.74. The number of nitrogens with two attached hydrogens (primary N) is 1. The van der Waals surface area contributed by atoms with E-state index in [4.69, 9.17) is 5.73 Å². The fraction of sp³-hybridized carbons (Fsp3) is 0.600. The number of likely N-dealkylation sites (tertiary alicyclic amines) is 1. The smallest absolute Gasteiger partial charge is 0.151 e. The minimum absolute atomic E-state index is 0.0888. The van der Waals surface area contributed by atoms with Gasteiger partial charge in [0.05, 0.1) is 0 Å². The summed E-state index contributed by atoms with van der Waals surface area (Å²) in [7, 11) is 2.15. The summed E-state index contributed by atoms with van der Waals surface area (Å²) in [5, 5.41) is 0. The Labute approximate surface area is 118 Å². The van der Waals surface area contributed by atoms with Gasteiger partial charge in [-0.15, -0.1) is 0 Å². The summed E-state index contributed by atoms with van der Waals surface area (Å²) in [5.74, 6) is -0.603. The molecule has 110 valence electrons. The van der Waals surface area contributed by atoms with Crippen molar-refractivity contribution in [1.82, 2.24) is 4.90 Å². The van der Waals surface area contributed by atoms with Crippen LogP contribution in [0.1, 0.15) is 19.3 Å². The third-order valence-corrected chi connectivity index (χ3v) is 4.70. The normalized spacial score (nSPS) is 27.4. The van der Waals surface area contributed by atoms with Gasteiger partial charge in [0.25, 0.3) is 0 Å². The van der Waals surface area contributed by atoms with Gasteiger partial charge in [-0.2, -0.15) is 0 Å². The lowest BCUT2D eigenvalue weighted by Crippen LogP contribution is -2.53. The highest BCUT2D eigenvalue weighted by atomic mass is 19.1. The summed E-state index contributed by atoms with van der Waals surface area (Å²) in [4.78, 5) is 4.24. The second-order valence-electron chi connectivity index (χ2n) is 6.02. The quantitative estimate of drug-likeness (QED) is 0.803. The number of benzene rings is 1. The molecule has 3 nitrogen and oxygen atoms in total. The molecule has 0 spiro atoms. The predicted molar refractivity (Wildman–Crippen MR) is 76.7 cm³/mol. The molecule has 20 heavy (non-hydrogen) atoms. The maximum absolute atomic E-state index is 14.0. The van der Waals surface area contributed by atoms with E-state index in [1.54, 1.807) is 0 Å². The van der Waals surface area contributed by atoms with Gasteiger partial charge in [0, 0.05) is 24.8 Å². The summed E-state index contributed by atoms with van der Waals surface area (Å²) < 4.78 is 28.0. The highest BCUT2D eigenvalue weighted by Crippen LogP contribution is 2.34. The van der Waals surface area contributed by atoms with Crippen LogP contribution in [0.5, 0.6) is 0 Å². The van der Waals surface area contributed by atoms with Gasteiger partial charge in [-0.1, -0.05) is 0 Å². The molecule has 0 radical (unpaired) electrons. The number of rotatable bonds is 1. The maximum Gasteiger partial charge on any atom is 0.151 e. The molecule has 1 aromatic rings. The van der Waals surface area contributed by atoms with Gasteiger partial charge >= 0.3 is 0 Å². The largest absolute Gasteiger partial charge is 0.399 e. The van der Waals surface area contributed by atoms with E-state index in [2.05, 4.69) is 11.9 Å². The molecule has 5 heteroatoms. The zero-order valence-electron chi connectivity index (χ0n) is 11.8. The minimum Gasteiger partial charge on any atom is -0.399 e. The van der Waals surface area contributed by atoms with Crippen molar-refractivity contribution < 1.29 is 8.78 Å². The topological polar surface area (TPSA) is 32.5 Å². The standard InChI is InChI=1S/C15H21F2N3/c1-19-5-2-3-10-9-20(6-4-14(10)19)15-12(16)7-11(18)8-13(15)17/h7-8,10,14H,2-6,9,18H2,1H3. The van der Waals surface area contributed by atoms with Crippen molar-refractivity contribution in [2.75, 3.05) is 37.3 Å². The van der Waals surface area contributed by atoms with Crippen LogP contribution in [0.2, 0.25) is 0 Å². The third kappa shape index (κ3) is 2.35. The minimum atomic E-state index is -0.551. The van der Waals surface area contributed by atoms with E-state index < -0.39 is 11.6 Å². The van der Waals surface area contributed by atoms with Crippen LogP contribution in [0.3, 0.4) is 0 Å². The number of nitrogen functional groups attached to an aromatic ring is 1. The van der Waals surface area contributed by atoms with Gasteiger partial charge in [0.15, 0.2) is 11.6 Å². The maximum atomic E-state index is 14.0. The zero-order valence-corrected chi connectivity index (χ0v) is 11.8. The Morgan fingerprint density at radius 2 is 1.85 bits per heavy atom. The summed E-state index contributed by atoms with van der Waals surface area (Å²) in [6.07, 6.45) is 3.27. The molecule has 0 amide bonds. The highest BCUT2D eigenvalue weighted by Gasteiger charge is 2.35. The van der Waals surface area contributed by atoms with Crippen molar-refractivity contribution in [3.05, 3.63) is 23.8 Å². The van der Waals surface area contributed by atoms with Gasteiger partial charge < -0.3 is 15.5 Å². The molecule has 2 aliphatic heterocycles. The van der Waals surface area contributed by atoms with Crippen molar-refractivity contribution in [3.8, 4) is 0 Å². The highest BCUT2D eigenvalue weighted by molar-refractivity contribution is 5.56. The number of hydrogen-bond acceptors (Lipinski definition) is 3. The Morgan fingerprint density at radius 1 is 1.15 bits per heavy atom. The SMILES string of the molecule is CN1CCCC2CN(c3c(F)cc(N)cc3F)CCC21. The first-order chi connectivity index (χ1) is 9.56. The van der Waals surface area contributed by atoms with E-state index in [0.29, 0.717) is 18.5 Å². The van der Waals surface area contributed by atoms with Crippen LogP contribution >= 0.6 is 0 Å². The molecule has 2 fully saturated rings. The molecular formula is C15H21F2N3. The van der Waals surface area contributed by atoms with Gasteiger partial charge in [-0.3, -0.25) is 0 Å². The van der Waals surface area contributed by atoms with Crippen LogP contribution in [0.4, 0.5) is 20.2 Å². The van der Waals surface area contributed by atoms with Crippen LogP contribution in [0, 0.1) is 17.6 Å². The fourth-order valence-corrected chi connectivity index (χ4v) is 3.74. The first-order valence-corrected chi connectivity index (χ1v) is 7.26. The number of fused-ring (bicyclic) bond motifs is 1. The van der Waals surface area contributed by atoms with Crippen molar-refractivity contribution in [2.45, 2.75) is 25.3 Å². The summed E-state index contributed by atoms with van der Waals surface area (Å²) >= 11 is 0. The molecule has 0 aromatic heterocycles. The van der Waals surface area contributed by atoms with E-state index in [0.717, 1.165) is 32.4 Å². The number of anilines is 2. The molecular weight excluding hydrogens is 260 g/mol. The number of piperidine rings is 2. The van der Waals surface area contributed by atoms with Crippen LogP contribution in [-0.2, 0) is 0 Å².